The van der Waals surface area contributed by atoms with Crippen LogP contribution in [0.3, 0.4) is 0 Å². The quantitative estimate of drug-likeness (QED) is 0.298. The minimum Gasteiger partial charge on any atom is -0.590 e. The second kappa shape index (κ2) is 11.1. The molecule has 11 heteroatoms. The molecule has 3 aromatic rings. The number of hydrogen-bond acceptors (Lipinski definition) is 7. The monoisotopic (exact) mass is 476 g/mol. The fourth-order valence-electron chi connectivity index (χ4n) is 3.51. The molecule has 8 nitrogen and oxygen atoms in total. The maximum atomic E-state index is 12.6. The standard InChI is InChI=1S/C21H25BN2O6S2/c1-31(28)24(32(2)29)18-9-5-3-7-15(18)11-12-21(25)23-20(22(26)27)13-16-14-30-19-10-6-4-8-17(16)19/h3-10,14,20,26-27H,11-13H2,1-2H3,(H,23,25)/t20-,31?,32?/m0/s1. The van der Waals surface area contributed by atoms with E-state index in [4.69, 9.17) is 4.42 Å². The summed E-state index contributed by atoms with van der Waals surface area (Å²) in [7, 11) is -1.75. The Hall–Kier alpha value is -2.15. The molecule has 1 amide bonds. The zero-order valence-corrected chi connectivity index (χ0v) is 19.4. The number of aryl methyl sites for hydroxylation is 1. The van der Waals surface area contributed by atoms with Crippen LogP contribution < -0.4 is 9.03 Å². The largest absolute Gasteiger partial charge is 0.590 e. The molecule has 0 saturated heterocycles. The first-order valence-corrected chi connectivity index (χ1v) is 13.0. The number of nitrogens with zero attached hydrogens (tertiary/aromatic N) is 1. The number of anilines is 1. The lowest BCUT2D eigenvalue weighted by Gasteiger charge is -2.24. The SMILES string of the molecule is C[S+]([O-])N(c1ccccc1CCC(=O)N[C@@H](Cc1coc2ccccc12)B(O)O)[S+](C)[O-]. The summed E-state index contributed by atoms with van der Waals surface area (Å²) >= 11 is -2.99. The van der Waals surface area contributed by atoms with Crippen molar-refractivity contribution in [3.05, 3.63) is 65.9 Å². The van der Waals surface area contributed by atoms with Gasteiger partial charge in [-0.1, -0.05) is 36.4 Å². The van der Waals surface area contributed by atoms with Crippen molar-refractivity contribution in [2.24, 2.45) is 0 Å². The number of rotatable bonds is 10. The lowest BCUT2D eigenvalue weighted by Crippen LogP contribution is -2.48. The van der Waals surface area contributed by atoms with Gasteiger partial charge in [-0.3, -0.25) is 4.79 Å². The van der Waals surface area contributed by atoms with Crippen LogP contribution in [0.2, 0.25) is 0 Å². The van der Waals surface area contributed by atoms with E-state index >= 15 is 0 Å². The molecule has 170 valence electrons. The minimum atomic E-state index is -1.75. The molecule has 3 N–H and O–H groups in total. The molecule has 32 heavy (non-hydrogen) atoms. The molecule has 0 bridgehead atoms. The molecule has 0 aliphatic carbocycles. The van der Waals surface area contributed by atoms with E-state index in [1.165, 1.54) is 16.2 Å². The summed E-state index contributed by atoms with van der Waals surface area (Å²) in [6.07, 6.45) is 4.99. The van der Waals surface area contributed by atoms with Crippen molar-refractivity contribution in [2.75, 3.05) is 16.2 Å². The predicted octanol–water partition coefficient (Wildman–Crippen LogP) is 1.50. The molecule has 2 aromatic carbocycles. The highest BCUT2D eigenvalue weighted by atomic mass is 32.3. The van der Waals surface area contributed by atoms with Crippen LogP contribution >= 0.6 is 0 Å². The van der Waals surface area contributed by atoms with Crippen molar-refractivity contribution in [1.29, 1.82) is 0 Å². The summed E-state index contributed by atoms with van der Waals surface area (Å²) in [5, 5.41) is 23.1. The minimum absolute atomic E-state index is 0.0624. The Bertz CT molecular complexity index is 1040. The van der Waals surface area contributed by atoms with Crippen molar-refractivity contribution in [3.8, 4) is 0 Å². The number of furan rings is 1. The van der Waals surface area contributed by atoms with E-state index in [1.807, 2.05) is 24.3 Å². The third-order valence-electron chi connectivity index (χ3n) is 4.98. The summed E-state index contributed by atoms with van der Waals surface area (Å²) in [6.45, 7) is 0. The number of para-hydroxylation sites is 2. The fraction of sp³-hybridized carbons (Fsp3) is 0.286. The molecule has 0 fully saturated rings. The van der Waals surface area contributed by atoms with Crippen molar-refractivity contribution in [3.63, 3.8) is 0 Å². The molecular formula is C21H25BN2O6S2. The van der Waals surface area contributed by atoms with Crippen molar-refractivity contribution < 1.29 is 28.4 Å². The zero-order chi connectivity index (χ0) is 23.3. The first-order valence-electron chi connectivity index (χ1n) is 9.93. The molecular weight excluding hydrogens is 451 g/mol. The van der Waals surface area contributed by atoms with Gasteiger partial charge in [-0.05, 0) is 39.8 Å². The van der Waals surface area contributed by atoms with Gasteiger partial charge in [0, 0.05) is 11.8 Å². The third kappa shape index (κ3) is 6.00. The van der Waals surface area contributed by atoms with Crippen molar-refractivity contribution in [2.45, 2.75) is 25.2 Å². The second-order valence-corrected chi connectivity index (χ2v) is 9.94. The Balaban J connectivity index is 1.67. The smallest absolute Gasteiger partial charge is 0.475 e. The Morgan fingerprint density at radius 2 is 1.75 bits per heavy atom. The van der Waals surface area contributed by atoms with E-state index in [-0.39, 0.29) is 18.7 Å². The average Bonchev–Trinajstić information content (AvgIpc) is 3.15. The molecule has 0 saturated carbocycles. The lowest BCUT2D eigenvalue weighted by atomic mass is 9.76. The number of nitrogens with one attached hydrogen (secondary N) is 1. The number of hydrogen-bond donors (Lipinski definition) is 3. The number of fused-ring (bicyclic) bond motifs is 1. The Labute approximate surface area is 193 Å². The van der Waals surface area contributed by atoms with Gasteiger partial charge >= 0.3 is 7.12 Å². The van der Waals surface area contributed by atoms with Crippen LogP contribution in [0.25, 0.3) is 11.0 Å². The summed E-state index contributed by atoms with van der Waals surface area (Å²) in [6, 6.07) is 14.4. The molecule has 1 aromatic heterocycles. The first-order chi connectivity index (χ1) is 15.3. The van der Waals surface area contributed by atoms with Gasteiger partial charge in [0.1, 0.15) is 46.5 Å². The number of amides is 1. The van der Waals surface area contributed by atoms with Crippen molar-refractivity contribution >= 4 is 52.4 Å². The summed E-state index contributed by atoms with van der Waals surface area (Å²) in [5.41, 5.74) is 2.69. The van der Waals surface area contributed by atoms with Gasteiger partial charge in [-0.15, -0.1) is 0 Å². The Morgan fingerprint density at radius 3 is 2.44 bits per heavy atom. The van der Waals surface area contributed by atoms with Crippen LogP contribution in [0.1, 0.15) is 17.5 Å². The van der Waals surface area contributed by atoms with Crippen LogP contribution in [0.15, 0.2) is 59.2 Å². The van der Waals surface area contributed by atoms with Crippen LogP contribution in [0.4, 0.5) is 5.69 Å². The molecule has 0 radical (unpaired) electrons. The van der Waals surface area contributed by atoms with Crippen molar-refractivity contribution in [1.82, 2.24) is 5.32 Å². The average molecular weight is 476 g/mol. The highest BCUT2D eigenvalue weighted by Gasteiger charge is 2.29. The zero-order valence-electron chi connectivity index (χ0n) is 17.8. The molecule has 1 heterocycles. The number of benzene rings is 2. The van der Waals surface area contributed by atoms with Gasteiger partial charge in [0.25, 0.3) is 0 Å². The van der Waals surface area contributed by atoms with E-state index in [2.05, 4.69) is 5.32 Å². The van der Waals surface area contributed by atoms with E-state index in [9.17, 15) is 23.9 Å². The van der Waals surface area contributed by atoms with Crippen LogP contribution in [-0.2, 0) is 40.4 Å². The molecule has 0 aliphatic rings. The van der Waals surface area contributed by atoms with Gasteiger partial charge in [0.2, 0.25) is 5.91 Å². The van der Waals surface area contributed by atoms with Crippen LogP contribution in [0, 0.1) is 0 Å². The third-order valence-corrected chi connectivity index (χ3v) is 7.57. The highest BCUT2D eigenvalue weighted by Crippen LogP contribution is 2.27. The fourth-order valence-corrected chi connectivity index (χ4v) is 5.60. The van der Waals surface area contributed by atoms with Crippen LogP contribution in [-0.4, -0.2) is 50.6 Å². The molecule has 0 aliphatic heterocycles. The summed E-state index contributed by atoms with van der Waals surface area (Å²) < 4.78 is 30.9. The van der Waals surface area contributed by atoms with Crippen LogP contribution in [0.5, 0.6) is 0 Å². The predicted molar refractivity (Wildman–Crippen MR) is 127 cm³/mol. The van der Waals surface area contributed by atoms with Gasteiger partial charge in [0.15, 0.2) is 0 Å². The lowest BCUT2D eigenvalue weighted by molar-refractivity contribution is -0.121. The second-order valence-electron chi connectivity index (χ2n) is 7.28. The van der Waals surface area contributed by atoms with Gasteiger partial charge in [0.05, 0.1) is 12.2 Å². The van der Waals surface area contributed by atoms with E-state index < -0.39 is 35.8 Å². The summed E-state index contributed by atoms with van der Waals surface area (Å²) in [4.78, 5) is 12.6. The number of carbonyl (C=O) groups excluding carboxylic acids is 1. The maximum Gasteiger partial charge on any atom is 0.475 e. The molecule has 3 atom stereocenters. The van der Waals surface area contributed by atoms with E-state index in [0.717, 1.165) is 16.5 Å². The topological polar surface area (TPSA) is 132 Å². The molecule has 0 spiro atoms. The highest BCUT2D eigenvalue weighted by molar-refractivity contribution is 8.09. The van der Waals surface area contributed by atoms with Gasteiger partial charge in [-0.2, -0.15) is 0 Å². The number of carbonyl (C=O) groups is 1. The Morgan fingerprint density at radius 1 is 1.09 bits per heavy atom. The van der Waals surface area contributed by atoms with Gasteiger partial charge < -0.3 is 28.9 Å². The summed E-state index contributed by atoms with van der Waals surface area (Å²) in [5.74, 6) is -1.28. The Kier molecular flexibility index (Phi) is 8.52. The van der Waals surface area contributed by atoms with E-state index in [1.54, 1.807) is 30.5 Å². The maximum absolute atomic E-state index is 12.6. The van der Waals surface area contributed by atoms with E-state index in [0.29, 0.717) is 17.7 Å². The normalized spacial score (nSPS) is 14.1. The first kappa shape index (κ1) is 24.5. The molecule has 2 unspecified atom stereocenters. The molecule has 3 rings (SSSR count). The van der Waals surface area contributed by atoms with Gasteiger partial charge in [-0.25, -0.2) is 0 Å².